The maximum Gasteiger partial charge on any atom is 0.265 e. The van der Waals surface area contributed by atoms with Crippen molar-refractivity contribution in [3.8, 4) is 0 Å². The normalized spacial score (nSPS) is 11.5. The summed E-state index contributed by atoms with van der Waals surface area (Å²) < 4.78 is 32.1. The van der Waals surface area contributed by atoms with E-state index in [1.807, 2.05) is 0 Å². The van der Waals surface area contributed by atoms with Crippen molar-refractivity contribution in [1.82, 2.24) is 5.16 Å². The van der Waals surface area contributed by atoms with Gasteiger partial charge in [0.05, 0.1) is 5.69 Å². The molecule has 0 fully saturated rings. The van der Waals surface area contributed by atoms with E-state index in [0.29, 0.717) is 21.4 Å². The molecule has 0 amide bonds. The second kappa shape index (κ2) is 4.86. The van der Waals surface area contributed by atoms with Crippen molar-refractivity contribution in [2.75, 3.05) is 10.5 Å². The number of nitrogens with one attached hydrogen (secondary N) is 1. The third-order valence-electron chi connectivity index (χ3n) is 2.63. The Morgan fingerprint density at radius 3 is 2.58 bits per heavy atom. The summed E-state index contributed by atoms with van der Waals surface area (Å²) in [5.41, 5.74) is 7.33. The van der Waals surface area contributed by atoms with E-state index in [-0.39, 0.29) is 10.8 Å². The Morgan fingerprint density at radius 2 is 2.05 bits per heavy atom. The van der Waals surface area contributed by atoms with Crippen LogP contribution in [0.15, 0.2) is 32.1 Å². The van der Waals surface area contributed by atoms with Crippen LogP contribution in [0.4, 0.5) is 11.6 Å². The van der Waals surface area contributed by atoms with Crippen LogP contribution in [-0.2, 0) is 10.0 Å². The van der Waals surface area contributed by atoms with E-state index < -0.39 is 10.0 Å². The zero-order valence-corrected chi connectivity index (χ0v) is 12.7. The van der Waals surface area contributed by atoms with Crippen LogP contribution in [0, 0.1) is 13.8 Å². The van der Waals surface area contributed by atoms with Crippen molar-refractivity contribution in [2.24, 2.45) is 0 Å². The quantitative estimate of drug-likeness (QED) is 0.832. The summed E-state index contributed by atoms with van der Waals surface area (Å²) in [6, 6.07) is 4.45. The second-order valence-electron chi connectivity index (χ2n) is 4.02. The summed E-state index contributed by atoms with van der Waals surface area (Å²) in [5, 5.41) is 3.70. The van der Waals surface area contributed by atoms with Gasteiger partial charge < -0.3 is 10.3 Å². The van der Waals surface area contributed by atoms with Crippen LogP contribution < -0.4 is 10.5 Å². The Kier molecular flexibility index (Phi) is 3.55. The van der Waals surface area contributed by atoms with Crippen molar-refractivity contribution in [3.63, 3.8) is 0 Å². The highest BCUT2D eigenvalue weighted by molar-refractivity contribution is 9.10. The molecule has 8 heteroatoms. The predicted molar refractivity (Wildman–Crippen MR) is 75.3 cm³/mol. The molecule has 1 aromatic heterocycles. The summed E-state index contributed by atoms with van der Waals surface area (Å²) in [6.07, 6.45) is 0. The SMILES string of the molecule is Cc1noc(NS(=O)(=O)c2ccc(N)cc2Br)c1C. The minimum atomic E-state index is -3.76. The molecule has 2 rings (SSSR count). The number of anilines is 2. The molecule has 1 aromatic carbocycles. The van der Waals surface area contributed by atoms with Crippen molar-refractivity contribution in [3.05, 3.63) is 33.9 Å². The Hall–Kier alpha value is -1.54. The van der Waals surface area contributed by atoms with Gasteiger partial charge in [-0.3, -0.25) is 0 Å². The number of hydrogen-bond acceptors (Lipinski definition) is 5. The lowest BCUT2D eigenvalue weighted by Crippen LogP contribution is -2.14. The van der Waals surface area contributed by atoms with Gasteiger partial charge in [-0.1, -0.05) is 5.16 Å². The highest BCUT2D eigenvalue weighted by atomic mass is 79.9. The highest BCUT2D eigenvalue weighted by Gasteiger charge is 2.21. The van der Waals surface area contributed by atoms with E-state index in [1.54, 1.807) is 13.8 Å². The molecule has 0 saturated carbocycles. The summed E-state index contributed by atoms with van der Waals surface area (Å²) >= 11 is 3.17. The number of sulfonamides is 1. The molecule has 19 heavy (non-hydrogen) atoms. The van der Waals surface area contributed by atoms with Gasteiger partial charge in [0.15, 0.2) is 0 Å². The topological polar surface area (TPSA) is 98.2 Å². The molecule has 0 aliphatic carbocycles. The molecular formula is C11H12BrN3O3S. The minimum Gasteiger partial charge on any atom is -0.399 e. The summed E-state index contributed by atoms with van der Waals surface area (Å²) in [4.78, 5) is 0.0788. The molecule has 2 aromatic rings. The molecule has 102 valence electrons. The molecular weight excluding hydrogens is 334 g/mol. The first-order valence-corrected chi connectivity index (χ1v) is 7.59. The van der Waals surface area contributed by atoms with Gasteiger partial charge in [0.25, 0.3) is 10.0 Å². The first-order chi connectivity index (χ1) is 8.81. The number of hydrogen-bond donors (Lipinski definition) is 2. The third-order valence-corrected chi connectivity index (χ3v) is 4.94. The fraction of sp³-hybridized carbons (Fsp3) is 0.182. The maximum absolute atomic E-state index is 12.2. The lowest BCUT2D eigenvalue weighted by molar-refractivity contribution is 0.430. The number of aromatic nitrogens is 1. The summed E-state index contributed by atoms with van der Waals surface area (Å²) in [6.45, 7) is 3.46. The number of nitrogens with zero attached hydrogens (tertiary/aromatic N) is 1. The molecule has 0 spiro atoms. The average Bonchev–Trinajstić information content (AvgIpc) is 2.60. The first kappa shape index (κ1) is 13.9. The highest BCUT2D eigenvalue weighted by Crippen LogP contribution is 2.27. The van der Waals surface area contributed by atoms with Crippen LogP contribution in [0.1, 0.15) is 11.3 Å². The lowest BCUT2D eigenvalue weighted by Gasteiger charge is -2.08. The number of nitrogens with two attached hydrogens (primary N) is 1. The Labute approximate surface area is 119 Å². The Morgan fingerprint density at radius 1 is 1.37 bits per heavy atom. The van der Waals surface area contributed by atoms with Gasteiger partial charge in [0.2, 0.25) is 5.88 Å². The molecule has 0 aliphatic rings. The van der Waals surface area contributed by atoms with Crippen LogP contribution in [-0.4, -0.2) is 13.6 Å². The zero-order valence-electron chi connectivity index (χ0n) is 10.3. The number of rotatable bonds is 3. The van der Waals surface area contributed by atoms with Crippen molar-refractivity contribution in [2.45, 2.75) is 18.7 Å². The van der Waals surface area contributed by atoms with E-state index in [9.17, 15) is 8.42 Å². The molecule has 0 saturated heterocycles. The largest absolute Gasteiger partial charge is 0.399 e. The van der Waals surface area contributed by atoms with Gasteiger partial charge in [-0.2, -0.15) is 0 Å². The molecule has 0 atom stereocenters. The molecule has 1 heterocycles. The average molecular weight is 346 g/mol. The van der Waals surface area contributed by atoms with E-state index in [1.165, 1.54) is 18.2 Å². The van der Waals surface area contributed by atoms with Crippen LogP contribution in [0.3, 0.4) is 0 Å². The summed E-state index contributed by atoms with van der Waals surface area (Å²) in [7, 11) is -3.76. The van der Waals surface area contributed by atoms with E-state index in [2.05, 4.69) is 25.8 Å². The molecule has 3 N–H and O–H groups in total. The van der Waals surface area contributed by atoms with Crippen molar-refractivity contribution < 1.29 is 12.9 Å². The maximum atomic E-state index is 12.2. The Bertz CT molecular complexity index is 725. The van der Waals surface area contributed by atoms with Gasteiger partial charge in [-0.25, -0.2) is 13.1 Å². The number of aryl methyl sites for hydroxylation is 1. The zero-order chi connectivity index (χ0) is 14.2. The predicted octanol–water partition coefficient (Wildman–Crippen LogP) is 2.44. The number of halogens is 1. The van der Waals surface area contributed by atoms with Crippen LogP contribution in [0.2, 0.25) is 0 Å². The van der Waals surface area contributed by atoms with E-state index in [0.717, 1.165) is 0 Å². The fourth-order valence-corrected chi connectivity index (χ4v) is 3.57. The second-order valence-corrected chi connectivity index (χ2v) is 6.52. The third kappa shape index (κ3) is 2.74. The van der Waals surface area contributed by atoms with E-state index in [4.69, 9.17) is 10.3 Å². The van der Waals surface area contributed by atoms with Crippen LogP contribution in [0.25, 0.3) is 0 Å². The number of benzene rings is 1. The van der Waals surface area contributed by atoms with Gasteiger partial charge in [0.1, 0.15) is 4.90 Å². The molecule has 0 bridgehead atoms. The monoisotopic (exact) mass is 345 g/mol. The standard InChI is InChI=1S/C11H12BrN3O3S/c1-6-7(2)14-18-11(6)15-19(16,17)10-4-3-8(13)5-9(10)12/h3-5,15H,13H2,1-2H3. The van der Waals surface area contributed by atoms with Gasteiger partial charge in [0, 0.05) is 15.7 Å². The van der Waals surface area contributed by atoms with Gasteiger partial charge in [-0.15, -0.1) is 0 Å². The smallest absolute Gasteiger partial charge is 0.265 e. The van der Waals surface area contributed by atoms with E-state index >= 15 is 0 Å². The van der Waals surface area contributed by atoms with Crippen LogP contribution in [0.5, 0.6) is 0 Å². The molecule has 0 unspecified atom stereocenters. The van der Waals surface area contributed by atoms with Gasteiger partial charge >= 0.3 is 0 Å². The van der Waals surface area contributed by atoms with Crippen LogP contribution >= 0.6 is 15.9 Å². The lowest BCUT2D eigenvalue weighted by atomic mass is 10.3. The fourth-order valence-electron chi connectivity index (χ4n) is 1.42. The van der Waals surface area contributed by atoms with Gasteiger partial charge in [-0.05, 0) is 48.0 Å². The number of nitrogen functional groups attached to an aromatic ring is 1. The minimum absolute atomic E-state index is 0.0788. The summed E-state index contributed by atoms with van der Waals surface area (Å²) in [5.74, 6) is 0.112. The first-order valence-electron chi connectivity index (χ1n) is 5.32. The molecule has 0 radical (unpaired) electrons. The van der Waals surface area contributed by atoms with Crippen molar-refractivity contribution >= 4 is 37.5 Å². The molecule has 0 aliphatic heterocycles. The van der Waals surface area contributed by atoms with Crippen molar-refractivity contribution in [1.29, 1.82) is 0 Å². The molecule has 6 nitrogen and oxygen atoms in total. The Balaban J connectivity index is 2.41.